The first-order chi connectivity index (χ1) is 2.00. The summed E-state index contributed by atoms with van der Waals surface area (Å²) in [6, 6.07) is 0. The van der Waals surface area contributed by atoms with Gasteiger partial charge < -0.3 is 14.4 Å². The summed E-state index contributed by atoms with van der Waals surface area (Å²) < 4.78 is 0. The van der Waals surface area contributed by atoms with Crippen molar-refractivity contribution < 1.29 is 14.4 Å². The van der Waals surface area contributed by atoms with Crippen molar-refractivity contribution in [1.29, 1.82) is 0 Å². The van der Waals surface area contributed by atoms with Crippen LogP contribution in [0.5, 0.6) is 0 Å². The van der Waals surface area contributed by atoms with Crippen LogP contribution in [0.2, 0.25) is 0 Å². The molecule has 0 N–H and O–H groups in total. The molecule has 0 aliphatic heterocycles. The minimum Gasteiger partial charge on any atom is -0.870 e. The first-order valence-corrected chi connectivity index (χ1v) is 3.54. The third-order valence-corrected chi connectivity index (χ3v) is 0. The van der Waals surface area contributed by atoms with E-state index in [9.17, 15) is 0 Å². The molecule has 1 radical (unpaired) electrons. The molecule has 0 aliphatic rings. The summed E-state index contributed by atoms with van der Waals surface area (Å²) in [5.41, 5.74) is 0. The molecule has 0 saturated carbocycles. The standard InChI is InChI=1S/ClO3Si.Pb/c1-5(2,3)4;/q-3;+3. The van der Waals surface area contributed by atoms with Crippen molar-refractivity contribution in [1.82, 2.24) is 0 Å². The summed E-state index contributed by atoms with van der Waals surface area (Å²) in [7, 11) is -4.89. The maximum absolute atomic E-state index is 8.90. The van der Waals surface area contributed by atoms with Gasteiger partial charge in [0.05, 0.1) is 0 Å². The molecule has 0 aliphatic carbocycles. The monoisotopic (exact) mass is 319 g/mol. The van der Waals surface area contributed by atoms with Gasteiger partial charge in [-0.25, -0.2) is 11.1 Å². The van der Waals surface area contributed by atoms with E-state index in [0.717, 1.165) is 0 Å². The van der Waals surface area contributed by atoms with Crippen LogP contribution in [-0.2, 0) is 0 Å². The van der Waals surface area contributed by atoms with Gasteiger partial charge in [-0.3, -0.25) is 0 Å². The van der Waals surface area contributed by atoms with Crippen LogP contribution in [0, 0.1) is 0 Å². The predicted octanol–water partition coefficient (Wildman–Crippen LogP) is -3.64. The first kappa shape index (κ1) is 10.3. The summed E-state index contributed by atoms with van der Waals surface area (Å²) in [4.78, 5) is 26.7. The second-order valence-corrected chi connectivity index (χ2v) is 2.83. The molecular weight excluding hydrogens is 319 g/mol. The second kappa shape index (κ2) is 3.33. The van der Waals surface area contributed by atoms with E-state index < -0.39 is 8.11 Å². The number of hydrogen-bond acceptors (Lipinski definition) is 3. The van der Waals surface area contributed by atoms with Crippen molar-refractivity contribution in [2.45, 2.75) is 0 Å². The van der Waals surface area contributed by atoms with Gasteiger partial charge in [-0.1, -0.05) is 0 Å². The summed E-state index contributed by atoms with van der Waals surface area (Å²) in [5, 5.41) is 0. The van der Waals surface area contributed by atoms with Crippen LogP contribution in [0.15, 0.2) is 0 Å². The average Bonchev–Trinajstić information content (AvgIpc) is 0.722. The second-order valence-electron chi connectivity index (χ2n) is 0.481. The van der Waals surface area contributed by atoms with Crippen LogP contribution >= 0.6 is 11.1 Å². The molecule has 6 heavy (non-hydrogen) atoms. The molecular formula is ClO3PbSi. The van der Waals surface area contributed by atoms with Crippen molar-refractivity contribution in [3.8, 4) is 0 Å². The summed E-state index contributed by atoms with van der Waals surface area (Å²) in [5.74, 6) is 0. The third-order valence-electron chi connectivity index (χ3n) is 0. The minimum atomic E-state index is -4.89. The molecule has 0 bridgehead atoms. The largest absolute Gasteiger partial charge is 3.00 e. The van der Waals surface area contributed by atoms with Crippen LogP contribution in [-0.4, -0.2) is 35.4 Å². The van der Waals surface area contributed by atoms with Crippen molar-refractivity contribution in [2.24, 2.45) is 0 Å². The molecule has 0 aromatic heterocycles. The smallest absolute Gasteiger partial charge is 0.870 e. The van der Waals surface area contributed by atoms with Crippen LogP contribution in [0.25, 0.3) is 0 Å². The van der Waals surface area contributed by atoms with Crippen LogP contribution < -0.4 is 14.4 Å². The average molecular weight is 319 g/mol. The molecule has 0 saturated heterocycles. The first-order valence-electron chi connectivity index (χ1n) is 0.801. The molecule has 0 aromatic rings. The maximum atomic E-state index is 8.90. The van der Waals surface area contributed by atoms with Gasteiger partial charge in [0.25, 0.3) is 0 Å². The van der Waals surface area contributed by atoms with E-state index in [0.29, 0.717) is 0 Å². The third kappa shape index (κ3) is 57.5. The summed E-state index contributed by atoms with van der Waals surface area (Å²) >= 11 is 4.00. The Balaban J connectivity index is 0. The van der Waals surface area contributed by atoms with Gasteiger partial charge in [-0.15, -0.1) is 0 Å². The van der Waals surface area contributed by atoms with E-state index in [1.54, 1.807) is 0 Å². The Morgan fingerprint density at radius 1 is 1.17 bits per heavy atom. The Hall–Kier alpha value is 1.31. The maximum Gasteiger partial charge on any atom is 3.00 e. The summed E-state index contributed by atoms with van der Waals surface area (Å²) in [6.07, 6.45) is 0. The van der Waals surface area contributed by atoms with Crippen LogP contribution in [0.3, 0.4) is 0 Å². The number of halogens is 1. The zero-order chi connectivity index (χ0) is 4.50. The molecule has 0 aromatic carbocycles. The zero-order valence-corrected chi connectivity index (χ0v) is 8.25. The van der Waals surface area contributed by atoms with Gasteiger partial charge in [0.2, 0.25) is 0 Å². The number of hydrogen-bond donors (Lipinski definition) is 0. The van der Waals surface area contributed by atoms with Gasteiger partial charge in [-0.05, 0) is 0 Å². The van der Waals surface area contributed by atoms with E-state index in [1.807, 2.05) is 0 Å². The fraction of sp³-hybridized carbons (Fsp3) is 0. The fourth-order valence-electron chi connectivity index (χ4n) is 0. The molecule has 0 heterocycles. The van der Waals surface area contributed by atoms with E-state index in [1.165, 1.54) is 0 Å². The normalized spacial score (nSPS) is 10.0. The fourth-order valence-corrected chi connectivity index (χ4v) is 0. The van der Waals surface area contributed by atoms with E-state index in [4.69, 9.17) is 14.4 Å². The summed E-state index contributed by atoms with van der Waals surface area (Å²) in [6.45, 7) is 0. The number of rotatable bonds is 0. The zero-order valence-electron chi connectivity index (χ0n) is 2.60. The SMILES string of the molecule is [O-][Si]([O-])([O-])Cl.[Pb+3]. The molecule has 0 rings (SSSR count). The molecule has 0 amide bonds. The Labute approximate surface area is 60.8 Å². The Morgan fingerprint density at radius 2 is 1.17 bits per heavy atom. The Kier molecular flexibility index (Phi) is 5.73. The minimum absolute atomic E-state index is 0. The van der Waals surface area contributed by atoms with Crippen molar-refractivity contribution in [3.05, 3.63) is 0 Å². The van der Waals surface area contributed by atoms with Gasteiger partial charge in [0.15, 0.2) is 0 Å². The van der Waals surface area contributed by atoms with Crippen molar-refractivity contribution in [3.63, 3.8) is 0 Å². The molecule has 3 nitrogen and oxygen atoms in total. The van der Waals surface area contributed by atoms with E-state index in [-0.39, 0.29) is 27.3 Å². The van der Waals surface area contributed by atoms with Crippen LogP contribution in [0.4, 0.5) is 0 Å². The molecule has 0 atom stereocenters. The quantitative estimate of drug-likeness (QED) is 0.342. The van der Waals surface area contributed by atoms with Gasteiger partial charge >= 0.3 is 27.3 Å². The molecule has 33 valence electrons. The van der Waals surface area contributed by atoms with Gasteiger partial charge in [-0.2, -0.15) is 8.11 Å². The molecule has 0 fully saturated rings. The van der Waals surface area contributed by atoms with Gasteiger partial charge in [0.1, 0.15) is 0 Å². The van der Waals surface area contributed by atoms with E-state index >= 15 is 0 Å². The topological polar surface area (TPSA) is 69.2 Å². The van der Waals surface area contributed by atoms with Gasteiger partial charge in [0, 0.05) is 0 Å². The Morgan fingerprint density at radius 3 is 1.17 bits per heavy atom. The molecule has 0 spiro atoms. The van der Waals surface area contributed by atoms with Crippen molar-refractivity contribution >= 4 is 46.5 Å². The Bertz CT molecular complexity index is 26.3. The molecule has 0 unspecified atom stereocenters. The van der Waals surface area contributed by atoms with Crippen LogP contribution in [0.1, 0.15) is 0 Å². The predicted molar refractivity (Wildman–Crippen MR) is 17.4 cm³/mol. The van der Waals surface area contributed by atoms with E-state index in [2.05, 4.69) is 11.1 Å². The van der Waals surface area contributed by atoms with Crippen molar-refractivity contribution in [2.75, 3.05) is 0 Å². The molecule has 6 heteroatoms.